The van der Waals surface area contributed by atoms with Crippen molar-refractivity contribution in [3.05, 3.63) is 287 Å². The molecule has 9 rings (SSSR count). The molecule has 380 valence electrons. The zero-order valence-electron chi connectivity index (χ0n) is 45.3. The van der Waals surface area contributed by atoms with Gasteiger partial charge in [0.05, 0.1) is 0 Å². The largest absolute Gasteiger partial charge is 0.372 e. The van der Waals surface area contributed by atoms with Gasteiger partial charge < -0.3 is 19.6 Å². The number of rotatable bonds is 21. The maximum atomic E-state index is 2.39. The number of hydrogen-bond acceptors (Lipinski definition) is 4. The van der Waals surface area contributed by atoms with Crippen LogP contribution in [0.1, 0.15) is 91.6 Å². The van der Waals surface area contributed by atoms with Crippen LogP contribution in [0, 0.1) is 0 Å². The lowest BCUT2D eigenvalue weighted by Crippen LogP contribution is -2.21. The highest BCUT2D eigenvalue weighted by molar-refractivity contribution is 5.95. The van der Waals surface area contributed by atoms with Crippen molar-refractivity contribution >= 4 is 69.1 Å². The van der Waals surface area contributed by atoms with E-state index in [1.807, 2.05) is 0 Å². The Morgan fingerprint density at radius 2 is 0.434 bits per heavy atom. The van der Waals surface area contributed by atoms with Crippen molar-refractivity contribution in [2.75, 3.05) is 58.9 Å². The maximum absolute atomic E-state index is 2.39. The number of nitrogens with zero attached hydrogens (tertiary/aromatic N) is 4. The van der Waals surface area contributed by atoms with Crippen LogP contribution >= 0.6 is 0 Å². The van der Waals surface area contributed by atoms with E-state index < -0.39 is 0 Å². The molecular formula is C72H72N4. The molecule has 0 radical (unpaired) electrons. The predicted molar refractivity (Wildman–Crippen MR) is 331 cm³/mol. The SMILES string of the molecule is CCN(CC)c1ccc(C(=Cc2ccc(N(c3ccc(C=C(c4ccccc4)c4ccc(N(CC)CC)cc4)cc3)c3ccc(/C=C(\c4ccccc4)c4ccc(N(CC)CC)cc4)cc3)cc2)c2ccccc2)cc1. The molecule has 0 atom stereocenters. The lowest BCUT2D eigenvalue weighted by atomic mass is 9.95. The van der Waals surface area contributed by atoms with Gasteiger partial charge in [0, 0.05) is 73.4 Å². The van der Waals surface area contributed by atoms with Gasteiger partial charge >= 0.3 is 0 Å². The van der Waals surface area contributed by atoms with Crippen molar-refractivity contribution in [1.82, 2.24) is 0 Å². The molecule has 0 aliphatic heterocycles. The van der Waals surface area contributed by atoms with E-state index in [-0.39, 0.29) is 0 Å². The van der Waals surface area contributed by atoms with Crippen molar-refractivity contribution in [1.29, 1.82) is 0 Å². The fourth-order valence-electron chi connectivity index (χ4n) is 10.3. The minimum Gasteiger partial charge on any atom is -0.372 e. The lowest BCUT2D eigenvalue weighted by molar-refractivity contribution is 0.866. The lowest BCUT2D eigenvalue weighted by Gasteiger charge is -2.26. The Hall–Kier alpha value is -8.60. The molecule has 76 heavy (non-hydrogen) atoms. The first-order chi connectivity index (χ1) is 37.4. The highest BCUT2D eigenvalue weighted by Crippen LogP contribution is 2.38. The highest BCUT2D eigenvalue weighted by Gasteiger charge is 2.16. The fourth-order valence-corrected chi connectivity index (χ4v) is 10.3. The van der Waals surface area contributed by atoms with Gasteiger partial charge in [0.15, 0.2) is 0 Å². The van der Waals surface area contributed by atoms with Crippen LogP contribution in [-0.4, -0.2) is 39.3 Å². The molecule has 4 heteroatoms. The minimum absolute atomic E-state index is 0.979. The Labute approximate surface area is 453 Å². The Bertz CT molecular complexity index is 2930. The summed E-state index contributed by atoms with van der Waals surface area (Å²) in [5.74, 6) is 0. The maximum Gasteiger partial charge on any atom is 0.0462 e. The minimum atomic E-state index is 0.979. The summed E-state index contributed by atoms with van der Waals surface area (Å²) < 4.78 is 0. The third-order valence-electron chi connectivity index (χ3n) is 14.6. The second-order valence-electron chi connectivity index (χ2n) is 19.0. The molecule has 0 heterocycles. The molecule has 0 aliphatic rings. The van der Waals surface area contributed by atoms with Crippen LogP contribution in [0.2, 0.25) is 0 Å². The molecule has 0 saturated carbocycles. The van der Waals surface area contributed by atoms with E-state index >= 15 is 0 Å². The van der Waals surface area contributed by atoms with Crippen LogP contribution in [0.15, 0.2) is 237 Å². The topological polar surface area (TPSA) is 13.0 Å². The first-order valence-electron chi connectivity index (χ1n) is 27.4. The first-order valence-corrected chi connectivity index (χ1v) is 27.4. The Morgan fingerprint density at radius 1 is 0.237 bits per heavy atom. The van der Waals surface area contributed by atoms with Crippen molar-refractivity contribution < 1.29 is 0 Å². The van der Waals surface area contributed by atoms with Crippen LogP contribution < -0.4 is 19.6 Å². The Balaban J connectivity index is 1.10. The van der Waals surface area contributed by atoms with Gasteiger partial charge in [-0.05, 0) is 199 Å². The second-order valence-corrected chi connectivity index (χ2v) is 19.0. The Kier molecular flexibility index (Phi) is 17.6. The van der Waals surface area contributed by atoms with Crippen LogP contribution in [0.25, 0.3) is 34.9 Å². The van der Waals surface area contributed by atoms with Gasteiger partial charge in [0.25, 0.3) is 0 Å². The van der Waals surface area contributed by atoms with Crippen LogP contribution in [-0.2, 0) is 0 Å². The molecule has 0 unspecified atom stereocenters. The third-order valence-corrected chi connectivity index (χ3v) is 14.6. The van der Waals surface area contributed by atoms with Crippen LogP contribution in [0.4, 0.5) is 34.1 Å². The van der Waals surface area contributed by atoms with Gasteiger partial charge in [-0.15, -0.1) is 0 Å². The molecule has 0 N–H and O–H groups in total. The van der Waals surface area contributed by atoms with Crippen molar-refractivity contribution in [2.24, 2.45) is 0 Å². The summed E-state index contributed by atoms with van der Waals surface area (Å²) in [6.45, 7) is 19.1. The molecule has 0 aliphatic carbocycles. The summed E-state index contributed by atoms with van der Waals surface area (Å²) in [5.41, 5.74) is 21.0. The number of hydrogen-bond donors (Lipinski definition) is 0. The van der Waals surface area contributed by atoms with E-state index in [0.29, 0.717) is 0 Å². The van der Waals surface area contributed by atoms with Gasteiger partial charge in [0.1, 0.15) is 0 Å². The van der Waals surface area contributed by atoms with Crippen LogP contribution in [0.5, 0.6) is 0 Å². The molecule has 0 spiro atoms. The normalized spacial score (nSPS) is 11.8. The van der Waals surface area contributed by atoms with Crippen molar-refractivity contribution in [3.63, 3.8) is 0 Å². The van der Waals surface area contributed by atoms with Gasteiger partial charge in [-0.25, -0.2) is 0 Å². The first kappa shape index (κ1) is 52.3. The zero-order valence-corrected chi connectivity index (χ0v) is 45.3. The van der Waals surface area contributed by atoms with E-state index in [1.165, 1.54) is 67.2 Å². The molecule has 0 amide bonds. The molecule has 9 aromatic rings. The molecule has 4 nitrogen and oxygen atoms in total. The van der Waals surface area contributed by atoms with Gasteiger partial charge in [-0.3, -0.25) is 0 Å². The fraction of sp³-hybridized carbons (Fsp3) is 0.167. The Morgan fingerprint density at radius 3 is 0.645 bits per heavy atom. The predicted octanol–water partition coefficient (Wildman–Crippen LogP) is 18.5. The molecule has 0 fully saturated rings. The number of benzene rings is 9. The quantitative estimate of drug-likeness (QED) is 0.0665. The molecule has 0 bridgehead atoms. The summed E-state index contributed by atoms with van der Waals surface area (Å²) in [6.07, 6.45) is 6.96. The summed E-state index contributed by atoms with van der Waals surface area (Å²) >= 11 is 0. The standard InChI is InChI=1S/C72H72N4/c1-7-73(8-2)64-46-34-61(35-47-64)70(58-22-16-13-17-23-58)52-55-28-40-67(41-29-55)76(68-42-30-56(31-43-68)53-71(59-24-18-14-19-25-59)62-36-48-65(49-37-62)74(9-3)10-4)69-44-32-57(33-45-69)54-72(60-26-20-15-21-27-60)63-38-50-66(51-39-63)75(11-5)12-6/h13-54H,7-12H2,1-6H3/b70-52+,71-53?,72-54?. The molecule has 0 aromatic heterocycles. The molecule has 9 aromatic carbocycles. The monoisotopic (exact) mass is 993 g/mol. The smallest absolute Gasteiger partial charge is 0.0462 e. The second kappa shape index (κ2) is 25.6. The van der Waals surface area contributed by atoms with Crippen molar-refractivity contribution in [3.8, 4) is 0 Å². The average molecular weight is 993 g/mol. The van der Waals surface area contributed by atoms with Crippen molar-refractivity contribution in [2.45, 2.75) is 41.5 Å². The highest BCUT2D eigenvalue weighted by atomic mass is 15.1. The summed E-state index contributed by atoms with van der Waals surface area (Å²) in [5, 5.41) is 0. The average Bonchev–Trinajstić information content (AvgIpc) is 3.49. The van der Waals surface area contributed by atoms with E-state index in [2.05, 4.69) is 316 Å². The van der Waals surface area contributed by atoms with Gasteiger partial charge in [-0.1, -0.05) is 164 Å². The number of anilines is 6. The van der Waals surface area contributed by atoms with E-state index in [9.17, 15) is 0 Å². The summed E-state index contributed by atoms with van der Waals surface area (Å²) in [4.78, 5) is 9.53. The summed E-state index contributed by atoms with van der Waals surface area (Å²) in [7, 11) is 0. The van der Waals surface area contributed by atoms with Gasteiger partial charge in [-0.2, -0.15) is 0 Å². The summed E-state index contributed by atoms with van der Waals surface area (Å²) in [6, 6.07) is 86.3. The van der Waals surface area contributed by atoms with E-state index in [1.54, 1.807) is 0 Å². The van der Waals surface area contributed by atoms with E-state index in [0.717, 1.165) is 73.0 Å². The zero-order chi connectivity index (χ0) is 52.6. The van der Waals surface area contributed by atoms with Crippen LogP contribution in [0.3, 0.4) is 0 Å². The van der Waals surface area contributed by atoms with E-state index in [4.69, 9.17) is 0 Å². The molecular weight excluding hydrogens is 921 g/mol. The third kappa shape index (κ3) is 12.5. The molecule has 0 saturated heterocycles. The van der Waals surface area contributed by atoms with Gasteiger partial charge in [0.2, 0.25) is 0 Å².